The normalized spacial score (nSPS) is 29.9. The van der Waals surface area contributed by atoms with Crippen LogP contribution in [0, 0.1) is 5.41 Å². The summed E-state index contributed by atoms with van der Waals surface area (Å²) in [6, 6.07) is -1.05. The third-order valence-electron chi connectivity index (χ3n) is 3.41. The number of Topliss-reactive ketones (excluding diaryl/α,β-unsaturated/α-hetero) is 1. The predicted molar refractivity (Wildman–Crippen MR) is 69.6 cm³/mol. The first-order valence-corrected chi connectivity index (χ1v) is 7.75. The number of carbonyl (C=O) groups is 2. The van der Waals surface area contributed by atoms with Gasteiger partial charge in [0.05, 0.1) is 11.4 Å². The number of hydrogen-bond acceptors (Lipinski definition) is 5. The number of amides is 1. The van der Waals surface area contributed by atoms with E-state index in [0.717, 1.165) is 4.90 Å². The van der Waals surface area contributed by atoms with Crippen LogP contribution in [0.15, 0.2) is 11.3 Å². The van der Waals surface area contributed by atoms with Crippen molar-refractivity contribution in [1.82, 2.24) is 4.90 Å². The van der Waals surface area contributed by atoms with Gasteiger partial charge in [-0.2, -0.15) is 0 Å². The Balaban J connectivity index is 2.55. The standard InChI is InChI=1S/C12H18N2O4S/c1-6-5-19(17,18)11-7(13)10(16)14(11)8(6)9(15)12(2,3)4/h7,11H,5,13H2,1-4H3/t7?,11-/m1/s1. The van der Waals surface area contributed by atoms with Gasteiger partial charge in [-0.15, -0.1) is 0 Å². The second-order valence-electron chi connectivity index (χ2n) is 6.14. The van der Waals surface area contributed by atoms with E-state index in [1.165, 1.54) is 0 Å². The molecule has 1 unspecified atom stereocenters. The molecule has 2 N–H and O–H groups in total. The summed E-state index contributed by atoms with van der Waals surface area (Å²) in [7, 11) is -3.50. The fourth-order valence-corrected chi connectivity index (χ4v) is 4.43. The number of rotatable bonds is 1. The minimum absolute atomic E-state index is 0.207. The fourth-order valence-electron chi connectivity index (χ4n) is 2.43. The minimum Gasteiger partial charge on any atom is -0.317 e. The lowest BCUT2D eigenvalue weighted by atomic mass is 9.85. The second kappa shape index (κ2) is 3.89. The van der Waals surface area contributed by atoms with Gasteiger partial charge in [0.15, 0.2) is 21.0 Å². The zero-order valence-corrected chi connectivity index (χ0v) is 12.2. The molecule has 19 heavy (non-hydrogen) atoms. The van der Waals surface area contributed by atoms with Gasteiger partial charge in [0.1, 0.15) is 6.04 Å². The van der Waals surface area contributed by atoms with Crippen LogP contribution in [0.3, 0.4) is 0 Å². The van der Waals surface area contributed by atoms with Gasteiger partial charge in [-0.25, -0.2) is 8.42 Å². The van der Waals surface area contributed by atoms with E-state index in [4.69, 9.17) is 5.73 Å². The Labute approximate surface area is 112 Å². The molecule has 0 saturated carbocycles. The number of hydrogen-bond donors (Lipinski definition) is 1. The Kier molecular flexibility index (Phi) is 2.91. The topological polar surface area (TPSA) is 97.5 Å². The maximum Gasteiger partial charge on any atom is 0.248 e. The third-order valence-corrected chi connectivity index (χ3v) is 5.49. The quantitative estimate of drug-likeness (QED) is 0.673. The molecule has 0 spiro atoms. The smallest absolute Gasteiger partial charge is 0.248 e. The van der Waals surface area contributed by atoms with Crippen molar-refractivity contribution in [1.29, 1.82) is 0 Å². The first kappa shape index (κ1) is 14.2. The summed E-state index contributed by atoms with van der Waals surface area (Å²) in [5.41, 5.74) is 5.51. The van der Waals surface area contributed by atoms with Crippen molar-refractivity contribution in [2.24, 2.45) is 11.1 Å². The Hall–Kier alpha value is -1.21. The van der Waals surface area contributed by atoms with Crippen LogP contribution in [0.25, 0.3) is 0 Å². The monoisotopic (exact) mass is 286 g/mol. The molecule has 106 valence electrons. The van der Waals surface area contributed by atoms with Gasteiger partial charge in [0.25, 0.3) is 0 Å². The first-order valence-electron chi connectivity index (χ1n) is 6.03. The summed E-state index contributed by atoms with van der Waals surface area (Å²) in [5, 5.41) is -1.08. The Bertz CT molecular complexity index is 598. The van der Waals surface area contributed by atoms with Crippen LogP contribution in [0.5, 0.6) is 0 Å². The number of carbonyl (C=O) groups excluding carboxylic acids is 2. The van der Waals surface area contributed by atoms with Crippen LogP contribution < -0.4 is 5.73 Å². The van der Waals surface area contributed by atoms with Gasteiger partial charge in [-0.1, -0.05) is 20.8 Å². The van der Waals surface area contributed by atoms with Crippen molar-refractivity contribution < 1.29 is 18.0 Å². The molecule has 1 fully saturated rings. The van der Waals surface area contributed by atoms with E-state index < -0.39 is 32.6 Å². The Morgan fingerprint density at radius 2 is 1.89 bits per heavy atom. The first-order chi connectivity index (χ1) is 8.48. The molecule has 2 rings (SSSR count). The average Bonchev–Trinajstić information content (AvgIpc) is 2.24. The lowest BCUT2D eigenvalue weighted by molar-refractivity contribution is -0.145. The van der Waals surface area contributed by atoms with Crippen LogP contribution in [-0.4, -0.2) is 42.2 Å². The van der Waals surface area contributed by atoms with Gasteiger partial charge in [0, 0.05) is 5.41 Å². The molecule has 6 nitrogen and oxygen atoms in total. The number of sulfone groups is 1. The van der Waals surface area contributed by atoms with E-state index in [1.54, 1.807) is 27.7 Å². The van der Waals surface area contributed by atoms with Gasteiger partial charge in [-0.05, 0) is 12.5 Å². The highest BCUT2D eigenvalue weighted by molar-refractivity contribution is 7.92. The van der Waals surface area contributed by atoms with Crippen LogP contribution >= 0.6 is 0 Å². The number of fused-ring (bicyclic) bond motifs is 1. The van der Waals surface area contributed by atoms with Gasteiger partial charge in [-0.3, -0.25) is 14.5 Å². The second-order valence-corrected chi connectivity index (χ2v) is 8.24. The molecule has 0 aromatic carbocycles. The lowest BCUT2D eigenvalue weighted by Gasteiger charge is -2.48. The average molecular weight is 286 g/mol. The lowest BCUT2D eigenvalue weighted by Crippen LogP contribution is -2.73. The largest absolute Gasteiger partial charge is 0.317 e. The van der Waals surface area contributed by atoms with E-state index in [9.17, 15) is 18.0 Å². The van der Waals surface area contributed by atoms with Crippen LogP contribution in [-0.2, 0) is 19.4 Å². The molecule has 0 aromatic rings. The molecule has 0 aliphatic carbocycles. The van der Waals surface area contributed by atoms with Crippen LogP contribution in [0.1, 0.15) is 27.7 Å². The zero-order valence-electron chi connectivity index (χ0n) is 11.4. The summed E-state index contributed by atoms with van der Waals surface area (Å²) in [6.07, 6.45) is 0. The van der Waals surface area contributed by atoms with E-state index >= 15 is 0 Å². The maximum absolute atomic E-state index is 12.4. The molecule has 0 bridgehead atoms. The summed E-state index contributed by atoms with van der Waals surface area (Å²) in [4.78, 5) is 25.3. The van der Waals surface area contributed by atoms with Gasteiger partial charge in [0.2, 0.25) is 5.91 Å². The summed E-state index contributed by atoms with van der Waals surface area (Å²) < 4.78 is 24.0. The molecule has 2 atom stereocenters. The maximum atomic E-state index is 12.4. The summed E-state index contributed by atoms with van der Waals surface area (Å²) in [5.74, 6) is -0.947. The highest BCUT2D eigenvalue weighted by atomic mass is 32.2. The third kappa shape index (κ3) is 1.92. The van der Waals surface area contributed by atoms with Crippen molar-refractivity contribution in [2.45, 2.75) is 39.1 Å². The summed E-state index contributed by atoms with van der Waals surface area (Å²) >= 11 is 0. The van der Waals surface area contributed by atoms with Crippen molar-refractivity contribution in [3.05, 3.63) is 11.3 Å². The molecular formula is C12H18N2O4S. The highest BCUT2D eigenvalue weighted by Crippen LogP contribution is 2.38. The molecular weight excluding hydrogens is 268 g/mol. The zero-order chi connectivity index (χ0) is 14.7. The minimum atomic E-state index is -3.50. The van der Waals surface area contributed by atoms with Crippen molar-refractivity contribution in [3.63, 3.8) is 0 Å². The Morgan fingerprint density at radius 1 is 1.37 bits per heavy atom. The number of ketones is 1. The molecule has 0 aromatic heterocycles. The van der Waals surface area contributed by atoms with Crippen LogP contribution in [0.4, 0.5) is 0 Å². The molecule has 2 aliphatic heterocycles. The van der Waals surface area contributed by atoms with E-state index in [0.29, 0.717) is 5.57 Å². The SMILES string of the molecule is CC1=C(C(=O)C(C)(C)C)N2C(=O)C(N)[C@H]2S(=O)(=O)C1. The van der Waals surface area contributed by atoms with Gasteiger partial charge < -0.3 is 5.73 Å². The van der Waals surface area contributed by atoms with Crippen molar-refractivity contribution in [3.8, 4) is 0 Å². The van der Waals surface area contributed by atoms with E-state index in [2.05, 4.69) is 0 Å². The van der Waals surface area contributed by atoms with Crippen molar-refractivity contribution >= 4 is 21.5 Å². The van der Waals surface area contributed by atoms with E-state index in [1.807, 2.05) is 0 Å². The fraction of sp³-hybridized carbons (Fsp3) is 0.667. The Morgan fingerprint density at radius 3 is 2.37 bits per heavy atom. The number of allylic oxidation sites excluding steroid dienone is 1. The van der Waals surface area contributed by atoms with Crippen LogP contribution in [0.2, 0.25) is 0 Å². The number of β-lactam (4-membered cyclic amide) rings is 1. The van der Waals surface area contributed by atoms with Crippen molar-refractivity contribution in [2.75, 3.05) is 5.75 Å². The molecule has 7 heteroatoms. The van der Waals surface area contributed by atoms with E-state index in [-0.39, 0.29) is 17.2 Å². The highest BCUT2D eigenvalue weighted by Gasteiger charge is 2.58. The molecule has 2 aliphatic rings. The molecule has 0 radical (unpaired) electrons. The number of nitrogens with two attached hydrogens (primary N) is 1. The molecule has 1 amide bonds. The molecule has 1 saturated heterocycles. The predicted octanol–water partition coefficient (Wildman–Crippen LogP) is -0.200. The molecule has 2 heterocycles. The number of nitrogens with zero attached hydrogens (tertiary/aromatic N) is 1. The summed E-state index contributed by atoms with van der Waals surface area (Å²) in [6.45, 7) is 6.78. The van der Waals surface area contributed by atoms with Gasteiger partial charge >= 0.3 is 0 Å².